The van der Waals surface area contributed by atoms with E-state index in [-0.39, 0.29) is 11.8 Å². The van der Waals surface area contributed by atoms with Crippen LogP contribution in [0.1, 0.15) is 31.4 Å². The molecule has 0 aliphatic heterocycles. The van der Waals surface area contributed by atoms with Crippen LogP contribution in [0.3, 0.4) is 0 Å². The number of ether oxygens (including phenoxy) is 2. The number of carbonyl (C=O) groups is 2. The predicted octanol–water partition coefficient (Wildman–Crippen LogP) is 3.20. The highest BCUT2D eigenvalue weighted by Crippen LogP contribution is 2.16. The number of benzene rings is 2. The SMILES string of the molecule is COc1ccc(C(=O)NCCNC(=O)c2csc(COc3ccc(C)cc3)n2)cc1. The molecule has 0 bridgehead atoms. The molecule has 0 aliphatic rings. The molecule has 0 fully saturated rings. The van der Waals surface area contributed by atoms with Crippen LogP contribution in [0.2, 0.25) is 0 Å². The molecule has 1 heterocycles. The lowest BCUT2D eigenvalue weighted by Gasteiger charge is -2.07. The van der Waals surface area contributed by atoms with Crippen molar-refractivity contribution in [2.75, 3.05) is 20.2 Å². The van der Waals surface area contributed by atoms with Crippen molar-refractivity contribution in [1.29, 1.82) is 0 Å². The van der Waals surface area contributed by atoms with Gasteiger partial charge in [0.2, 0.25) is 0 Å². The van der Waals surface area contributed by atoms with E-state index in [4.69, 9.17) is 9.47 Å². The highest BCUT2D eigenvalue weighted by molar-refractivity contribution is 7.09. The van der Waals surface area contributed by atoms with Gasteiger partial charge in [-0.25, -0.2) is 4.98 Å². The maximum atomic E-state index is 12.2. The Hall–Kier alpha value is -3.39. The third kappa shape index (κ3) is 6.05. The third-order valence-corrected chi connectivity index (χ3v) is 5.04. The Bertz CT molecular complexity index is 984. The summed E-state index contributed by atoms with van der Waals surface area (Å²) in [7, 11) is 1.57. The van der Waals surface area contributed by atoms with Crippen molar-refractivity contribution in [2.24, 2.45) is 0 Å². The third-order valence-electron chi connectivity index (χ3n) is 4.22. The highest BCUT2D eigenvalue weighted by atomic mass is 32.1. The number of nitrogens with zero attached hydrogens (tertiary/aromatic N) is 1. The average molecular weight is 426 g/mol. The van der Waals surface area contributed by atoms with Gasteiger partial charge in [-0.1, -0.05) is 17.7 Å². The standard InChI is InChI=1S/C22H23N3O4S/c1-15-3-7-18(8-4-15)29-13-20-25-19(14-30-20)22(27)24-12-11-23-21(26)16-5-9-17(28-2)10-6-16/h3-10,14H,11-13H2,1-2H3,(H,23,26)(H,24,27). The first kappa shape index (κ1) is 21.3. The fraction of sp³-hybridized carbons (Fsp3) is 0.227. The van der Waals surface area contributed by atoms with E-state index in [0.717, 1.165) is 11.3 Å². The van der Waals surface area contributed by atoms with Gasteiger partial charge in [-0.05, 0) is 43.3 Å². The van der Waals surface area contributed by atoms with Crippen molar-refractivity contribution >= 4 is 23.2 Å². The van der Waals surface area contributed by atoms with Crippen molar-refractivity contribution in [2.45, 2.75) is 13.5 Å². The van der Waals surface area contributed by atoms with Crippen molar-refractivity contribution in [3.8, 4) is 11.5 Å². The van der Waals surface area contributed by atoms with Crippen LogP contribution >= 0.6 is 11.3 Å². The quantitative estimate of drug-likeness (QED) is 0.514. The van der Waals surface area contributed by atoms with Crippen LogP contribution in [0.4, 0.5) is 0 Å². The molecule has 0 radical (unpaired) electrons. The lowest BCUT2D eigenvalue weighted by atomic mass is 10.2. The first-order chi connectivity index (χ1) is 14.5. The molecule has 3 aromatic rings. The van der Waals surface area contributed by atoms with E-state index in [2.05, 4.69) is 15.6 Å². The Morgan fingerprint density at radius 2 is 1.57 bits per heavy atom. The average Bonchev–Trinajstić information content (AvgIpc) is 3.25. The summed E-state index contributed by atoms with van der Waals surface area (Å²) in [4.78, 5) is 28.6. The van der Waals surface area contributed by atoms with Crippen molar-refractivity contribution in [3.63, 3.8) is 0 Å². The Balaban J connectivity index is 1.39. The second kappa shape index (κ2) is 10.4. The number of hydrogen-bond donors (Lipinski definition) is 2. The summed E-state index contributed by atoms with van der Waals surface area (Å²) in [6, 6.07) is 14.6. The maximum Gasteiger partial charge on any atom is 0.270 e. The zero-order valence-electron chi connectivity index (χ0n) is 16.8. The zero-order valence-corrected chi connectivity index (χ0v) is 17.6. The summed E-state index contributed by atoms with van der Waals surface area (Å²) in [6.45, 7) is 2.93. The number of methoxy groups -OCH3 is 1. The van der Waals surface area contributed by atoms with Crippen LogP contribution in [-0.4, -0.2) is 37.0 Å². The van der Waals surface area contributed by atoms with Gasteiger partial charge in [0.1, 0.15) is 28.8 Å². The fourth-order valence-corrected chi connectivity index (χ4v) is 3.23. The Morgan fingerprint density at radius 1 is 0.933 bits per heavy atom. The molecule has 0 unspecified atom stereocenters. The van der Waals surface area contributed by atoms with Gasteiger partial charge in [0.05, 0.1) is 7.11 Å². The molecule has 156 valence electrons. The zero-order chi connectivity index (χ0) is 21.3. The van der Waals surface area contributed by atoms with Crippen molar-refractivity contribution in [1.82, 2.24) is 15.6 Å². The lowest BCUT2D eigenvalue weighted by molar-refractivity contribution is 0.0925. The summed E-state index contributed by atoms with van der Waals surface area (Å²) in [5.74, 6) is 0.947. The second-order valence-electron chi connectivity index (χ2n) is 6.47. The van der Waals surface area contributed by atoms with Crippen LogP contribution in [0.15, 0.2) is 53.9 Å². The molecule has 2 amide bonds. The maximum absolute atomic E-state index is 12.2. The van der Waals surface area contributed by atoms with Gasteiger partial charge in [-0.2, -0.15) is 0 Å². The molecule has 0 saturated heterocycles. The molecule has 0 spiro atoms. The molecule has 8 heteroatoms. The van der Waals surface area contributed by atoms with Gasteiger partial charge < -0.3 is 20.1 Å². The number of amides is 2. The van der Waals surface area contributed by atoms with Crippen LogP contribution in [0.25, 0.3) is 0 Å². The topological polar surface area (TPSA) is 89.6 Å². The van der Waals surface area contributed by atoms with Crippen LogP contribution in [0.5, 0.6) is 11.5 Å². The minimum Gasteiger partial charge on any atom is -0.497 e. The van der Waals surface area contributed by atoms with Crippen LogP contribution < -0.4 is 20.1 Å². The molecular weight excluding hydrogens is 402 g/mol. The van der Waals surface area contributed by atoms with Gasteiger partial charge in [0.25, 0.3) is 11.8 Å². The molecule has 0 saturated carbocycles. The van der Waals surface area contributed by atoms with Crippen molar-refractivity contribution in [3.05, 3.63) is 75.7 Å². The summed E-state index contributed by atoms with van der Waals surface area (Å²) in [5.41, 5.74) is 2.03. The molecular formula is C22H23N3O4S. The number of carbonyl (C=O) groups excluding carboxylic acids is 2. The number of aryl methyl sites for hydroxylation is 1. The summed E-state index contributed by atoms with van der Waals surface area (Å²) in [5, 5.41) is 7.92. The number of aromatic nitrogens is 1. The normalized spacial score (nSPS) is 10.3. The van der Waals surface area contributed by atoms with E-state index in [0.29, 0.717) is 41.7 Å². The molecule has 30 heavy (non-hydrogen) atoms. The fourth-order valence-electron chi connectivity index (χ4n) is 2.55. The molecule has 0 atom stereocenters. The van der Waals surface area contributed by atoms with E-state index < -0.39 is 0 Å². The minimum atomic E-state index is -0.286. The first-order valence-electron chi connectivity index (χ1n) is 9.39. The van der Waals surface area contributed by atoms with Crippen LogP contribution in [-0.2, 0) is 6.61 Å². The molecule has 3 rings (SSSR count). The Kier molecular flexibility index (Phi) is 7.40. The molecule has 2 N–H and O–H groups in total. The first-order valence-corrected chi connectivity index (χ1v) is 10.3. The second-order valence-corrected chi connectivity index (χ2v) is 7.41. The van der Waals surface area contributed by atoms with E-state index in [9.17, 15) is 9.59 Å². The van der Waals surface area contributed by atoms with E-state index >= 15 is 0 Å². The molecule has 0 aliphatic carbocycles. The Labute approximate surface area is 179 Å². The number of thiazole rings is 1. The summed E-state index contributed by atoms with van der Waals surface area (Å²) < 4.78 is 10.7. The summed E-state index contributed by atoms with van der Waals surface area (Å²) >= 11 is 1.37. The minimum absolute atomic E-state index is 0.212. The number of hydrogen-bond acceptors (Lipinski definition) is 6. The van der Waals surface area contributed by atoms with Gasteiger partial charge in [-0.15, -0.1) is 11.3 Å². The number of rotatable bonds is 9. The van der Waals surface area contributed by atoms with Gasteiger partial charge in [0.15, 0.2) is 0 Å². The predicted molar refractivity (Wildman–Crippen MR) is 115 cm³/mol. The lowest BCUT2D eigenvalue weighted by Crippen LogP contribution is -2.34. The number of nitrogens with one attached hydrogen (secondary N) is 2. The van der Waals surface area contributed by atoms with Gasteiger partial charge in [-0.3, -0.25) is 9.59 Å². The van der Waals surface area contributed by atoms with Crippen molar-refractivity contribution < 1.29 is 19.1 Å². The largest absolute Gasteiger partial charge is 0.497 e. The highest BCUT2D eigenvalue weighted by Gasteiger charge is 2.11. The van der Waals surface area contributed by atoms with E-state index in [1.807, 2.05) is 31.2 Å². The van der Waals surface area contributed by atoms with Gasteiger partial charge >= 0.3 is 0 Å². The summed E-state index contributed by atoms with van der Waals surface area (Å²) in [6.07, 6.45) is 0. The van der Waals surface area contributed by atoms with E-state index in [1.54, 1.807) is 36.8 Å². The van der Waals surface area contributed by atoms with Gasteiger partial charge in [0, 0.05) is 24.0 Å². The van der Waals surface area contributed by atoms with E-state index in [1.165, 1.54) is 11.3 Å². The molecule has 1 aromatic heterocycles. The smallest absolute Gasteiger partial charge is 0.270 e. The molecule has 7 nitrogen and oxygen atoms in total. The monoisotopic (exact) mass is 425 g/mol. The van der Waals surface area contributed by atoms with Crippen LogP contribution in [0, 0.1) is 6.92 Å². The Morgan fingerprint density at radius 3 is 2.23 bits per heavy atom. The molecule has 2 aromatic carbocycles.